The fourth-order valence-corrected chi connectivity index (χ4v) is 1.90. The van der Waals surface area contributed by atoms with Crippen LogP contribution in [0.15, 0.2) is 30.3 Å². The summed E-state index contributed by atoms with van der Waals surface area (Å²) < 4.78 is 1.16. The van der Waals surface area contributed by atoms with Gasteiger partial charge in [-0.25, -0.2) is 0 Å². The summed E-state index contributed by atoms with van der Waals surface area (Å²) in [5.74, 6) is 0. The Labute approximate surface area is 109 Å². The fraction of sp³-hybridized carbons (Fsp3) is 0.500. The van der Waals surface area contributed by atoms with Crippen LogP contribution in [0.1, 0.15) is 0 Å². The second kappa shape index (κ2) is 5.16. The van der Waals surface area contributed by atoms with Gasteiger partial charge < -0.3 is 33.4 Å². The number of likely N-dealkylation sites (N-methyl/N-ethyl adjacent to an activating group) is 1. The molecule has 3 heteroatoms. The van der Waals surface area contributed by atoms with Crippen LogP contribution in [0.3, 0.4) is 0 Å². The number of para-hydroxylation sites is 1. The summed E-state index contributed by atoms with van der Waals surface area (Å²) in [5, 5.41) is 0. The average Bonchev–Trinajstić information content (AvgIpc) is 2.19. The Bertz CT molecular complexity index is 288. The largest absolute Gasteiger partial charge is 1.00 e. The van der Waals surface area contributed by atoms with Gasteiger partial charge in [-0.3, -0.25) is 0 Å². The van der Waals surface area contributed by atoms with Gasteiger partial charge in [0.15, 0.2) is 0 Å². The first-order chi connectivity index (χ1) is 6.67. The number of anilines is 1. The van der Waals surface area contributed by atoms with Gasteiger partial charge in [0.1, 0.15) is 0 Å². The summed E-state index contributed by atoms with van der Waals surface area (Å²) in [6.45, 7) is 4.85. The molecule has 1 saturated heterocycles. The number of rotatable bonds is 1. The quantitative estimate of drug-likeness (QED) is 0.454. The zero-order chi connectivity index (χ0) is 10.0. The third kappa shape index (κ3) is 3.34. The molecule has 0 spiro atoms. The lowest BCUT2D eigenvalue weighted by Gasteiger charge is -2.40. The van der Waals surface area contributed by atoms with E-state index in [1.165, 1.54) is 31.9 Å². The van der Waals surface area contributed by atoms with Gasteiger partial charge in [0, 0.05) is 5.69 Å². The number of hydrogen-bond donors (Lipinski definition) is 0. The van der Waals surface area contributed by atoms with Crippen LogP contribution < -0.4 is 28.9 Å². The highest BCUT2D eigenvalue weighted by Gasteiger charge is 2.23. The molecule has 1 heterocycles. The van der Waals surface area contributed by atoms with Crippen LogP contribution in [0.5, 0.6) is 0 Å². The van der Waals surface area contributed by atoms with E-state index in [4.69, 9.17) is 0 Å². The second-order valence-electron chi connectivity index (χ2n) is 4.71. The van der Waals surface area contributed by atoms with Crippen molar-refractivity contribution in [2.24, 2.45) is 0 Å². The topological polar surface area (TPSA) is 3.24 Å². The summed E-state index contributed by atoms with van der Waals surface area (Å²) in [7, 11) is 4.62. The first kappa shape index (κ1) is 12.8. The van der Waals surface area contributed by atoms with E-state index in [1.807, 2.05) is 0 Å². The van der Waals surface area contributed by atoms with Gasteiger partial charge in [-0.15, -0.1) is 0 Å². The summed E-state index contributed by atoms with van der Waals surface area (Å²) >= 11 is 0. The number of halogens is 1. The van der Waals surface area contributed by atoms with Crippen LogP contribution in [0.2, 0.25) is 0 Å². The molecule has 0 bridgehead atoms. The van der Waals surface area contributed by atoms with Crippen molar-refractivity contribution in [2.45, 2.75) is 0 Å². The van der Waals surface area contributed by atoms with Gasteiger partial charge in [-0.1, -0.05) is 18.2 Å². The summed E-state index contributed by atoms with van der Waals surface area (Å²) in [4.78, 5) is 2.48. The first-order valence-electron chi connectivity index (χ1n) is 5.29. The monoisotopic (exact) mass is 318 g/mol. The number of quaternary nitrogens is 1. The molecule has 0 aliphatic carbocycles. The van der Waals surface area contributed by atoms with Crippen LogP contribution in [-0.4, -0.2) is 44.8 Å². The van der Waals surface area contributed by atoms with Crippen molar-refractivity contribution in [3.63, 3.8) is 0 Å². The maximum Gasteiger partial charge on any atom is 0.0961 e. The number of piperazine rings is 1. The third-order valence-electron chi connectivity index (χ3n) is 3.07. The lowest BCUT2D eigenvalue weighted by Crippen LogP contribution is -3.00. The third-order valence-corrected chi connectivity index (χ3v) is 3.07. The lowest BCUT2D eigenvalue weighted by atomic mass is 10.2. The van der Waals surface area contributed by atoms with E-state index in [0.29, 0.717) is 0 Å². The Morgan fingerprint density at radius 3 is 2.07 bits per heavy atom. The standard InChI is InChI=1S/C12H19N2.HI/c1-14(2)10-8-13(9-11-14)12-6-4-3-5-7-12;/h3-7H,8-11H2,1-2H3;1H/q+1;/p-1. The predicted molar refractivity (Wildman–Crippen MR) is 60.5 cm³/mol. The molecular formula is C12H19IN2. The van der Waals surface area contributed by atoms with E-state index < -0.39 is 0 Å². The van der Waals surface area contributed by atoms with E-state index in [-0.39, 0.29) is 24.0 Å². The Kier molecular flexibility index (Phi) is 4.40. The first-order valence-corrected chi connectivity index (χ1v) is 5.29. The van der Waals surface area contributed by atoms with Crippen LogP contribution in [-0.2, 0) is 0 Å². The Morgan fingerprint density at radius 2 is 1.53 bits per heavy atom. The smallest absolute Gasteiger partial charge is 0.0961 e. The molecule has 1 aliphatic rings. The maximum atomic E-state index is 2.48. The van der Waals surface area contributed by atoms with E-state index in [2.05, 4.69) is 49.3 Å². The molecule has 0 N–H and O–H groups in total. The van der Waals surface area contributed by atoms with Gasteiger partial charge in [-0.2, -0.15) is 0 Å². The highest BCUT2D eigenvalue weighted by atomic mass is 127. The van der Waals surface area contributed by atoms with E-state index in [0.717, 1.165) is 4.48 Å². The summed E-state index contributed by atoms with van der Waals surface area (Å²) in [5.41, 5.74) is 1.37. The molecule has 1 fully saturated rings. The molecule has 84 valence electrons. The minimum absolute atomic E-state index is 0. The molecule has 1 aliphatic heterocycles. The molecule has 0 radical (unpaired) electrons. The van der Waals surface area contributed by atoms with Crippen LogP contribution in [0.25, 0.3) is 0 Å². The van der Waals surface area contributed by atoms with E-state index >= 15 is 0 Å². The normalized spacial score (nSPS) is 19.5. The lowest BCUT2D eigenvalue weighted by molar-refractivity contribution is -0.890. The highest BCUT2D eigenvalue weighted by Crippen LogP contribution is 2.16. The molecular weight excluding hydrogens is 299 g/mol. The zero-order valence-electron chi connectivity index (χ0n) is 9.49. The van der Waals surface area contributed by atoms with Crippen LogP contribution >= 0.6 is 0 Å². The van der Waals surface area contributed by atoms with Crippen molar-refractivity contribution >= 4 is 5.69 Å². The van der Waals surface area contributed by atoms with Gasteiger partial charge in [0.25, 0.3) is 0 Å². The molecule has 0 aromatic heterocycles. The van der Waals surface area contributed by atoms with Gasteiger partial charge in [0.05, 0.1) is 40.3 Å². The van der Waals surface area contributed by atoms with Crippen molar-refractivity contribution in [1.29, 1.82) is 0 Å². The van der Waals surface area contributed by atoms with Gasteiger partial charge in [-0.05, 0) is 12.1 Å². The van der Waals surface area contributed by atoms with Gasteiger partial charge >= 0.3 is 0 Å². The fourth-order valence-electron chi connectivity index (χ4n) is 1.90. The minimum Gasteiger partial charge on any atom is -1.00 e. The predicted octanol–water partition coefficient (Wildman–Crippen LogP) is -1.41. The van der Waals surface area contributed by atoms with Crippen molar-refractivity contribution in [3.05, 3.63) is 30.3 Å². The van der Waals surface area contributed by atoms with Crippen molar-refractivity contribution in [2.75, 3.05) is 45.2 Å². The van der Waals surface area contributed by atoms with Crippen molar-refractivity contribution < 1.29 is 28.5 Å². The Morgan fingerprint density at radius 1 is 1.00 bits per heavy atom. The van der Waals surface area contributed by atoms with Crippen molar-refractivity contribution in [1.82, 2.24) is 0 Å². The average molecular weight is 318 g/mol. The molecule has 1 aromatic rings. The minimum atomic E-state index is 0. The number of nitrogens with zero attached hydrogens (tertiary/aromatic N) is 2. The molecule has 15 heavy (non-hydrogen) atoms. The molecule has 0 unspecified atom stereocenters. The highest BCUT2D eigenvalue weighted by molar-refractivity contribution is 5.46. The molecule has 0 saturated carbocycles. The Hall–Kier alpha value is -0.290. The second-order valence-corrected chi connectivity index (χ2v) is 4.71. The van der Waals surface area contributed by atoms with Gasteiger partial charge in [0.2, 0.25) is 0 Å². The summed E-state index contributed by atoms with van der Waals surface area (Å²) in [6, 6.07) is 10.7. The SMILES string of the molecule is C[N+]1(C)CCN(c2ccccc2)CC1.[I-]. The van der Waals surface area contributed by atoms with Crippen molar-refractivity contribution in [3.8, 4) is 0 Å². The van der Waals surface area contributed by atoms with E-state index in [1.54, 1.807) is 0 Å². The molecule has 0 atom stereocenters. The summed E-state index contributed by atoms with van der Waals surface area (Å²) in [6.07, 6.45) is 0. The Balaban J connectivity index is 0.00000112. The maximum absolute atomic E-state index is 2.48. The van der Waals surface area contributed by atoms with Crippen LogP contribution in [0, 0.1) is 0 Å². The zero-order valence-corrected chi connectivity index (χ0v) is 11.6. The number of hydrogen-bond acceptors (Lipinski definition) is 1. The molecule has 1 aromatic carbocycles. The van der Waals surface area contributed by atoms with Crippen LogP contribution in [0.4, 0.5) is 5.69 Å². The van der Waals surface area contributed by atoms with E-state index in [9.17, 15) is 0 Å². The molecule has 2 rings (SSSR count). The number of benzene rings is 1. The molecule has 0 amide bonds. The molecule has 2 nitrogen and oxygen atoms in total.